The van der Waals surface area contributed by atoms with Crippen molar-refractivity contribution in [3.8, 4) is 23.6 Å². The average molecular weight is 276 g/mol. The first-order valence-electron chi connectivity index (χ1n) is 6.65. The minimum atomic E-state index is -0.431. The Bertz CT molecular complexity index is 784. The predicted octanol–water partition coefficient (Wildman–Crippen LogP) is 3.20. The number of nitriles is 2. The van der Waals surface area contributed by atoms with Crippen LogP contribution in [0.15, 0.2) is 36.4 Å². The van der Waals surface area contributed by atoms with Gasteiger partial charge in [0.05, 0.1) is 17.2 Å². The van der Waals surface area contributed by atoms with Crippen LogP contribution in [0.4, 0.5) is 0 Å². The summed E-state index contributed by atoms with van der Waals surface area (Å²) in [6.45, 7) is 0. The molecule has 0 fully saturated rings. The molecule has 2 aromatic rings. The maximum atomic E-state index is 9.89. The molecule has 1 atom stereocenters. The van der Waals surface area contributed by atoms with Crippen LogP contribution in [0.1, 0.15) is 34.8 Å². The fourth-order valence-electron chi connectivity index (χ4n) is 2.60. The monoisotopic (exact) mass is 276 g/mol. The summed E-state index contributed by atoms with van der Waals surface area (Å²) < 4.78 is 5.84. The quantitative estimate of drug-likeness (QED) is 0.913. The highest BCUT2D eigenvalue weighted by molar-refractivity contribution is 5.51. The van der Waals surface area contributed by atoms with Crippen molar-refractivity contribution in [3.05, 3.63) is 58.7 Å². The van der Waals surface area contributed by atoms with Gasteiger partial charge in [0.1, 0.15) is 23.6 Å². The van der Waals surface area contributed by atoms with E-state index < -0.39 is 6.10 Å². The van der Waals surface area contributed by atoms with E-state index in [2.05, 4.69) is 0 Å². The van der Waals surface area contributed by atoms with Gasteiger partial charge >= 0.3 is 0 Å². The van der Waals surface area contributed by atoms with Crippen molar-refractivity contribution in [2.75, 3.05) is 0 Å². The first kappa shape index (κ1) is 13.2. The summed E-state index contributed by atoms with van der Waals surface area (Å²) in [4.78, 5) is 0. The number of hydrogen-bond acceptors (Lipinski definition) is 4. The van der Waals surface area contributed by atoms with Crippen molar-refractivity contribution in [1.29, 1.82) is 10.5 Å². The Morgan fingerprint density at radius 1 is 1.10 bits per heavy atom. The molecule has 2 aromatic carbocycles. The summed E-state index contributed by atoms with van der Waals surface area (Å²) in [7, 11) is 0. The Balaban J connectivity index is 1.96. The van der Waals surface area contributed by atoms with Crippen molar-refractivity contribution >= 4 is 0 Å². The molecule has 0 saturated heterocycles. The molecule has 1 aliphatic carbocycles. The maximum Gasteiger partial charge on any atom is 0.130 e. The second-order valence-corrected chi connectivity index (χ2v) is 4.91. The van der Waals surface area contributed by atoms with Gasteiger partial charge in [-0.15, -0.1) is 0 Å². The Morgan fingerprint density at radius 2 is 1.90 bits per heavy atom. The number of ether oxygens (including phenoxy) is 1. The van der Waals surface area contributed by atoms with Crippen LogP contribution in [-0.4, -0.2) is 5.11 Å². The smallest absolute Gasteiger partial charge is 0.130 e. The number of aliphatic hydroxyl groups excluding tert-OH is 1. The van der Waals surface area contributed by atoms with E-state index in [-0.39, 0.29) is 0 Å². The zero-order valence-electron chi connectivity index (χ0n) is 11.2. The second kappa shape index (κ2) is 5.28. The van der Waals surface area contributed by atoms with Crippen LogP contribution in [0, 0.1) is 22.7 Å². The number of rotatable bonds is 2. The summed E-state index contributed by atoms with van der Waals surface area (Å²) in [5, 5.41) is 27.8. The van der Waals surface area contributed by atoms with Gasteiger partial charge in [0.25, 0.3) is 0 Å². The zero-order chi connectivity index (χ0) is 14.8. The molecule has 1 aliphatic rings. The summed E-state index contributed by atoms with van der Waals surface area (Å²) in [5.41, 5.74) is 2.54. The maximum absolute atomic E-state index is 9.89. The third-order valence-electron chi connectivity index (χ3n) is 3.66. The van der Waals surface area contributed by atoms with Crippen molar-refractivity contribution < 1.29 is 9.84 Å². The molecule has 3 rings (SSSR count). The lowest BCUT2D eigenvalue weighted by atomic mass is 10.1. The van der Waals surface area contributed by atoms with Crippen molar-refractivity contribution in [2.24, 2.45) is 0 Å². The molecule has 0 saturated carbocycles. The number of nitrogens with zero attached hydrogens (tertiary/aromatic N) is 2. The second-order valence-electron chi connectivity index (χ2n) is 4.91. The lowest BCUT2D eigenvalue weighted by Crippen LogP contribution is -1.94. The minimum Gasteiger partial charge on any atom is -0.457 e. The van der Waals surface area contributed by atoms with Crippen LogP contribution < -0.4 is 4.74 Å². The van der Waals surface area contributed by atoms with Gasteiger partial charge in [-0.1, -0.05) is 12.1 Å². The first-order chi connectivity index (χ1) is 10.2. The zero-order valence-corrected chi connectivity index (χ0v) is 11.2. The summed E-state index contributed by atoms with van der Waals surface area (Å²) in [6, 6.07) is 14.4. The lowest BCUT2D eigenvalue weighted by molar-refractivity contribution is 0.180. The molecule has 0 amide bonds. The van der Waals surface area contributed by atoms with E-state index in [9.17, 15) is 5.11 Å². The van der Waals surface area contributed by atoms with E-state index in [1.54, 1.807) is 18.2 Å². The average Bonchev–Trinajstić information content (AvgIpc) is 2.90. The molecule has 21 heavy (non-hydrogen) atoms. The van der Waals surface area contributed by atoms with Crippen LogP contribution in [0.3, 0.4) is 0 Å². The molecule has 0 heterocycles. The highest BCUT2D eigenvalue weighted by Gasteiger charge is 2.23. The van der Waals surface area contributed by atoms with Gasteiger partial charge in [-0.05, 0) is 42.7 Å². The third kappa shape index (κ3) is 2.33. The van der Waals surface area contributed by atoms with Gasteiger partial charge in [0.15, 0.2) is 0 Å². The fourth-order valence-corrected chi connectivity index (χ4v) is 2.60. The van der Waals surface area contributed by atoms with Gasteiger partial charge in [-0.25, -0.2) is 0 Å². The molecule has 0 bridgehead atoms. The minimum absolute atomic E-state index is 0.294. The molecule has 0 aromatic heterocycles. The van der Waals surface area contributed by atoms with Crippen LogP contribution in [0.25, 0.3) is 0 Å². The Kier molecular flexibility index (Phi) is 3.31. The van der Waals surface area contributed by atoms with Crippen LogP contribution in [0.5, 0.6) is 11.5 Å². The number of fused-ring (bicyclic) bond motifs is 1. The van der Waals surface area contributed by atoms with Crippen molar-refractivity contribution in [3.63, 3.8) is 0 Å². The molecule has 0 aliphatic heterocycles. The SMILES string of the molecule is N#Cc1ccc(Oc2cccc3c2CC[C@H]3O)cc1C#N. The summed E-state index contributed by atoms with van der Waals surface area (Å²) in [6.07, 6.45) is 1.04. The van der Waals surface area contributed by atoms with Crippen molar-refractivity contribution in [1.82, 2.24) is 0 Å². The summed E-state index contributed by atoms with van der Waals surface area (Å²) >= 11 is 0. The van der Waals surface area contributed by atoms with Gasteiger partial charge in [-0.2, -0.15) is 10.5 Å². The number of hydrogen-bond donors (Lipinski definition) is 1. The Morgan fingerprint density at radius 3 is 2.67 bits per heavy atom. The van der Waals surface area contributed by atoms with E-state index in [0.717, 1.165) is 17.5 Å². The lowest BCUT2D eigenvalue weighted by Gasteiger charge is -2.11. The molecule has 4 nitrogen and oxygen atoms in total. The molecule has 1 N–H and O–H groups in total. The molecule has 4 heteroatoms. The number of aliphatic hydroxyl groups is 1. The molecule has 0 spiro atoms. The summed E-state index contributed by atoms with van der Waals surface area (Å²) in [5.74, 6) is 1.21. The predicted molar refractivity (Wildman–Crippen MR) is 75.7 cm³/mol. The van der Waals surface area contributed by atoms with Crippen LogP contribution >= 0.6 is 0 Å². The van der Waals surface area contributed by atoms with Gasteiger partial charge in [-0.3, -0.25) is 0 Å². The molecule has 102 valence electrons. The molecule has 0 radical (unpaired) electrons. The highest BCUT2D eigenvalue weighted by atomic mass is 16.5. The molecule has 0 unspecified atom stereocenters. The van der Waals surface area contributed by atoms with E-state index in [4.69, 9.17) is 15.3 Å². The van der Waals surface area contributed by atoms with E-state index in [1.165, 1.54) is 0 Å². The topological polar surface area (TPSA) is 77.0 Å². The van der Waals surface area contributed by atoms with Crippen LogP contribution in [-0.2, 0) is 6.42 Å². The Labute approximate surface area is 122 Å². The van der Waals surface area contributed by atoms with E-state index in [0.29, 0.717) is 29.0 Å². The van der Waals surface area contributed by atoms with Crippen LogP contribution in [0.2, 0.25) is 0 Å². The standard InChI is InChI=1S/C17H12N2O2/c18-9-11-4-5-13(8-12(11)10-19)21-17-3-1-2-14-15(17)6-7-16(14)20/h1-5,8,16,20H,6-7H2/t16-/m1/s1. The van der Waals surface area contributed by atoms with E-state index >= 15 is 0 Å². The fraction of sp³-hybridized carbons (Fsp3) is 0.176. The van der Waals surface area contributed by atoms with Gasteiger partial charge in [0.2, 0.25) is 0 Å². The Hall–Kier alpha value is -2.82. The van der Waals surface area contributed by atoms with Crippen molar-refractivity contribution in [2.45, 2.75) is 18.9 Å². The van der Waals surface area contributed by atoms with Gasteiger partial charge < -0.3 is 9.84 Å². The third-order valence-corrected chi connectivity index (χ3v) is 3.66. The normalized spacial score (nSPS) is 15.9. The largest absolute Gasteiger partial charge is 0.457 e. The highest BCUT2D eigenvalue weighted by Crippen LogP contribution is 2.38. The molecular formula is C17H12N2O2. The van der Waals surface area contributed by atoms with Gasteiger partial charge in [0, 0.05) is 5.56 Å². The van der Waals surface area contributed by atoms with E-state index in [1.807, 2.05) is 30.3 Å². The molecular weight excluding hydrogens is 264 g/mol. The first-order valence-corrected chi connectivity index (χ1v) is 6.65. The number of benzene rings is 2.